The second-order valence-electron chi connectivity index (χ2n) is 5.01. The molecule has 0 aromatic heterocycles. The lowest BCUT2D eigenvalue weighted by Gasteiger charge is -2.42. The number of aliphatic hydroxyl groups is 1. The van der Waals surface area contributed by atoms with Gasteiger partial charge in [0.15, 0.2) is 0 Å². The minimum atomic E-state index is -0.267. The van der Waals surface area contributed by atoms with E-state index in [2.05, 4.69) is 4.90 Å². The molecule has 0 bridgehead atoms. The molecule has 1 heterocycles. The number of benzene rings is 1. The van der Waals surface area contributed by atoms with Crippen LogP contribution >= 0.6 is 0 Å². The summed E-state index contributed by atoms with van der Waals surface area (Å²) in [6, 6.07) is 6.14. The van der Waals surface area contributed by atoms with Gasteiger partial charge in [0.1, 0.15) is 5.82 Å². The van der Waals surface area contributed by atoms with E-state index in [0.717, 1.165) is 5.56 Å². The van der Waals surface area contributed by atoms with Gasteiger partial charge in [-0.2, -0.15) is 0 Å². The minimum absolute atomic E-state index is 0.0124. The molecule has 0 aliphatic carbocycles. The molecule has 1 aromatic carbocycles. The number of hydrogen-bond acceptors (Lipinski definition) is 4. The van der Waals surface area contributed by atoms with Gasteiger partial charge in [-0.3, -0.25) is 4.90 Å². The number of morpholine rings is 1. The summed E-state index contributed by atoms with van der Waals surface area (Å²) < 4.78 is 18.8. The van der Waals surface area contributed by atoms with Gasteiger partial charge < -0.3 is 15.6 Å². The second kappa shape index (κ2) is 6.43. The molecule has 1 aliphatic rings. The Kier molecular flexibility index (Phi) is 4.87. The summed E-state index contributed by atoms with van der Waals surface area (Å²) in [5.41, 5.74) is 6.92. The Balaban J connectivity index is 2.28. The molecule has 2 rings (SSSR count). The maximum atomic E-state index is 13.4. The molecule has 5 heteroatoms. The lowest BCUT2D eigenvalue weighted by molar-refractivity contribution is -0.0516. The number of rotatable bonds is 4. The number of aliphatic hydroxyl groups excluding tert-OH is 1. The van der Waals surface area contributed by atoms with Gasteiger partial charge in [-0.1, -0.05) is 12.1 Å². The Morgan fingerprint density at radius 3 is 3.00 bits per heavy atom. The molecule has 1 fully saturated rings. The molecular weight excluding hydrogens is 247 g/mol. The Hall–Kier alpha value is -1.01. The molecule has 1 aromatic rings. The van der Waals surface area contributed by atoms with Crippen LogP contribution in [0.4, 0.5) is 4.39 Å². The van der Waals surface area contributed by atoms with Gasteiger partial charge in [-0.25, -0.2) is 4.39 Å². The largest absolute Gasteiger partial charge is 0.395 e. The zero-order valence-electron chi connectivity index (χ0n) is 11.1. The van der Waals surface area contributed by atoms with Crippen molar-refractivity contribution in [2.24, 2.45) is 5.73 Å². The summed E-state index contributed by atoms with van der Waals surface area (Å²) in [5.74, 6) is -0.267. The minimum Gasteiger partial charge on any atom is -0.395 e. The molecule has 3 N–H and O–H groups in total. The first-order chi connectivity index (χ1) is 9.13. The van der Waals surface area contributed by atoms with Crippen molar-refractivity contribution in [3.05, 3.63) is 35.6 Å². The third-order valence-electron chi connectivity index (χ3n) is 3.53. The first kappa shape index (κ1) is 14.4. The molecule has 4 nitrogen and oxygen atoms in total. The molecule has 0 saturated carbocycles. The van der Waals surface area contributed by atoms with Crippen LogP contribution in [-0.2, 0) is 4.74 Å². The molecule has 0 spiro atoms. The van der Waals surface area contributed by atoms with Gasteiger partial charge in [0.2, 0.25) is 0 Å². The number of halogens is 1. The summed E-state index contributed by atoms with van der Waals surface area (Å²) in [5, 5.41) is 9.46. The van der Waals surface area contributed by atoms with Gasteiger partial charge in [0.25, 0.3) is 0 Å². The predicted molar refractivity (Wildman–Crippen MR) is 71.2 cm³/mol. The topological polar surface area (TPSA) is 58.7 Å². The quantitative estimate of drug-likeness (QED) is 0.852. The van der Waals surface area contributed by atoms with Crippen molar-refractivity contribution in [2.75, 3.05) is 26.4 Å². The number of nitrogens with two attached hydrogens (primary N) is 1. The molecule has 1 saturated heterocycles. The number of ether oxygens (including phenoxy) is 1. The van der Waals surface area contributed by atoms with Crippen molar-refractivity contribution in [2.45, 2.75) is 25.0 Å². The Labute approximate surface area is 113 Å². The Morgan fingerprint density at radius 1 is 1.58 bits per heavy atom. The van der Waals surface area contributed by atoms with Crippen LogP contribution in [0.3, 0.4) is 0 Å². The Morgan fingerprint density at radius 2 is 2.37 bits per heavy atom. The van der Waals surface area contributed by atoms with E-state index < -0.39 is 0 Å². The summed E-state index contributed by atoms with van der Waals surface area (Å²) in [7, 11) is 0. The van der Waals surface area contributed by atoms with Crippen LogP contribution in [0.5, 0.6) is 0 Å². The average Bonchev–Trinajstić information content (AvgIpc) is 2.39. The summed E-state index contributed by atoms with van der Waals surface area (Å²) in [6.07, 6.45) is 0. The zero-order chi connectivity index (χ0) is 13.8. The van der Waals surface area contributed by atoms with Crippen LogP contribution in [0.2, 0.25) is 0 Å². The summed E-state index contributed by atoms with van der Waals surface area (Å²) in [4.78, 5) is 2.11. The van der Waals surface area contributed by atoms with Gasteiger partial charge in [-0.05, 0) is 24.6 Å². The summed E-state index contributed by atoms with van der Waals surface area (Å²) in [6.45, 7) is 3.69. The van der Waals surface area contributed by atoms with E-state index in [1.165, 1.54) is 12.1 Å². The van der Waals surface area contributed by atoms with E-state index >= 15 is 0 Å². The van der Waals surface area contributed by atoms with E-state index in [-0.39, 0.29) is 30.5 Å². The molecule has 3 atom stereocenters. The SMILES string of the molecule is CC(N)C(c1cccc(F)c1)N1CCOCC1CO. The smallest absolute Gasteiger partial charge is 0.123 e. The molecular formula is C14H21FN2O2. The van der Waals surface area contributed by atoms with Crippen molar-refractivity contribution in [3.63, 3.8) is 0 Å². The highest BCUT2D eigenvalue weighted by Gasteiger charge is 2.32. The van der Waals surface area contributed by atoms with E-state index in [1.807, 2.05) is 13.0 Å². The first-order valence-electron chi connectivity index (χ1n) is 6.59. The fraction of sp³-hybridized carbons (Fsp3) is 0.571. The van der Waals surface area contributed by atoms with Gasteiger partial charge in [-0.15, -0.1) is 0 Å². The van der Waals surface area contributed by atoms with Gasteiger partial charge in [0.05, 0.1) is 31.9 Å². The van der Waals surface area contributed by atoms with E-state index in [4.69, 9.17) is 10.5 Å². The number of hydrogen-bond donors (Lipinski definition) is 2. The molecule has 1 aliphatic heterocycles. The zero-order valence-corrected chi connectivity index (χ0v) is 11.1. The van der Waals surface area contributed by atoms with E-state index in [9.17, 15) is 9.50 Å². The first-order valence-corrected chi connectivity index (χ1v) is 6.59. The standard InChI is InChI=1S/C14H21FN2O2/c1-10(16)14(11-3-2-4-12(15)7-11)17-5-6-19-9-13(17)8-18/h2-4,7,10,13-14,18H,5-6,8-9,16H2,1H3. The van der Waals surface area contributed by atoms with E-state index in [0.29, 0.717) is 19.8 Å². The molecule has 0 radical (unpaired) electrons. The van der Waals surface area contributed by atoms with Crippen molar-refractivity contribution >= 4 is 0 Å². The van der Waals surface area contributed by atoms with Crippen LogP contribution in [0.1, 0.15) is 18.5 Å². The van der Waals surface area contributed by atoms with Crippen LogP contribution in [0, 0.1) is 5.82 Å². The third-order valence-corrected chi connectivity index (χ3v) is 3.53. The maximum absolute atomic E-state index is 13.4. The average molecular weight is 268 g/mol. The second-order valence-corrected chi connectivity index (χ2v) is 5.01. The maximum Gasteiger partial charge on any atom is 0.123 e. The highest BCUT2D eigenvalue weighted by Crippen LogP contribution is 2.27. The van der Waals surface area contributed by atoms with Gasteiger partial charge in [0, 0.05) is 12.6 Å². The monoisotopic (exact) mass is 268 g/mol. The molecule has 0 amide bonds. The van der Waals surface area contributed by atoms with Crippen molar-refractivity contribution in [1.82, 2.24) is 4.90 Å². The number of nitrogens with zero attached hydrogens (tertiary/aromatic N) is 1. The van der Waals surface area contributed by atoms with Crippen molar-refractivity contribution in [3.8, 4) is 0 Å². The molecule has 3 unspecified atom stereocenters. The fourth-order valence-electron chi connectivity index (χ4n) is 2.68. The lowest BCUT2D eigenvalue weighted by atomic mass is 9.97. The van der Waals surface area contributed by atoms with Crippen LogP contribution < -0.4 is 5.73 Å². The summed E-state index contributed by atoms with van der Waals surface area (Å²) >= 11 is 0. The molecule has 19 heavy (non-hydrogen) atoms. The third kappa shape index (κ3) is 3.30. The normalized spacial score (nSPS) is 24.1. The highest BCUT2D eigenvalue weighted by molar-refractivity contribution is 5.22. The van der Waals surface area contributed by atoms with Crippen LogP contribution in [0.15, 0.2) is 24.3 Å². The molecule has 106 valence electrons. The van der Waals surface area contributed by atoms with Crippen molar-refractivity contribution < 1.29 is 14.2 Å². The Bertz CT molecular complexity index is 414. The predicted octanol–water partition coefficient (Wildman–Crippen LogP) is 0.907. The van der Waals surface area contributed by atoms with Gasteiger partial charge >= 0.3 is 0 Å². The van der Waals surface area contributed by atoms with E-state index in [1.54, 1.807) is 6.07 Å². The lowest BCUT2D eigenvalue weighted by Crippen LogP contribution is -2.52. The van der Waals surface area contributed by atoms with Crippen molar-refractivity contribution in [1.29, 1.82) is 0 Å². The van der Waals surface area contributed by atoms with Crippen LogP contribution in [0.25, 0.3) is 0 Å². The highest BCUT2D eigenvalue weighted by atomic mass is 19.1. The fourth-order valence-corrected chi connectivity index (χ4v) is 2.68. The van der Waals surface area contributed by atoms with Crippen LogP contribution in [-0.4, -0.2) is 48.5 Å².